The summed E-state index contributed by atoms with van der Waals surface area (Å²) in [5, 5.41) is 13.3. The van der Waals surface area contributed by atoms with E-state index in [0.29, 0.717) is 12.1 Å². The highest BCUT2D eigenvalue weighted by Crippen LogP contribution is 2.24. The van der Waals surface area contributed by atoms with Crippen LogP contribution in [0.15, 0.2) is 29.1 Å². The molecule has 1 fully saturated rings. The molecule has 0 radical (unpaired) electrons. The number of pyridine rings is 1. The molecule has 6 nitrogen and oxygen atoms in total. The molecule has 4 N–H and O–H groups in total. The van der Waals surface area contributed by atoms with Gasteiger partial charge >= 0.3 is 0 Å². The fourth-order valence-corrected chi connectivity index (χ4v) is 3.19. The van der Waals surface area contributed by atoms with Gasteiger partial charge in [-0.1, -0.05) is 12.1 Å². The number of aryl methyl sites for hydroxylation is 1. The maximum atomic E-state index is 12.5. The molecule has 6 heteroatoms. The topological polar surface area (TPSA) is 72.5 Å². The standard InChI is InChI=1S/C17H23N3O3/c1-19-15-5-3-2-4-13(15)16(21)14(17(19)22)12-18-6-7-20-8-10-23-11-9-20/h2-5,18,21H,6-12H2,1H3/p+2. The van der Waals surface area contributed by atoms with Gasteiger partial charge < -0.3 is 24.6 Å². The predicted octanol–water partition coefficient (Wildman–Crippen LogP) is -1.78. The minimum atomic E-state index is -0.115. The van der Waals surface area contributed by atoms with Gasteiger partial charge in [-0.15, -0.1) is 0 Å². The minimum absolute atomic E-state index is 0.115. The number of aromatic hydroxyl groups is 1. The second-order valence-electron chi connectivity index (χ2n) is 6.10. The molecule has 0 saturated carbocycles. The fourth-order valence-electron chi connectivity index (χ4n) is 3.19. The first-order valence-corrected chi connectivity index (χ1v) is 8.21. The number of rotatable bonds is 5. The maximum Gasteiger partial charge on any atom is 0.263 e. The molecule has 0 atom stereocenters. The average molecular weight is 319 g/mol. The van der Waals surface area contributed by atoms with Crippen molar-refractivity contribution in [3.63, 3.8) is 0 Å². The van der Waals surface area contributed by atoms with Crippen LogP contribution in [0.4, 0.5) is 0 Å². The predicted molar refractivity (Wildman–Crippen MR) is 87.7 cm³/mol. The molecule has 1 aliphatic rings. The first-order chi connectivity index (χ1) is 11.2. The molecular formula is C17H25N3O3+2. The van der Waals surface area contributed by atoms with Crippen molar-refractivity contribution in [2.24, 2.45) is 7.05 Å². The Balaban J connectivity index is 1.69. The van der Waals surface area contributed by atoms with Crippen LogP contribution in [-0.4, -0.2) is 49.1 Å². The molecule has 1 saturated heterocycles. The number of quaternary nitrogens is 2. The Kier molecular flexibility index (Phi) is 4.95. The van der Waals surface area contributed by atoms with Gasteiger partial charge in [0.1, 0.15) is 44.0 Å². The first kappa shape index (κ1) is 16.0. The highest BCUT2D eigenvalue weighted by atomic mass is 16.5. The lowest BCUT2D eigenvalue weighted by Crippen LogP contribution is -3.16. The van der Waals surface area contributed by atoms with E-state index in [4.69, 9.17) is 4.74 Å². The normalized spacial score (nSPS) is 16.0. The Morgan fingerprint density at radius 2 is 2.04 bits per heavy atom. The van der Waals surface area contributed by atoms with Gasteiger partial charge in [0.25, 0.3) is 5.56 Å². The Labute approximate surface area is 135 Å². The lowest BCUT2D eigenvalue weighted by atomic mass is 10.1. The molecule has 0 aliphatic carbocycles. The lowest BCUT2D eigenvalue weighted by Gasteiger charge is -2.22. The van der Waals surface area contributed by atoms with Crippen LogP contribution >= 0.6 is 0 Å². The van der Waals surface area contributed by atoms with E-state index in [9.17, 15) is 9.90 Å². The van der Waals surface area contributed by atoms with Crippen LogP contribution in [0.25, 0.3) is 10.9 Å². The zero-order valence-electron chi connectivity index (χ0n) is 13.5. The van der Waals surface area contributed by atoms with Gasteiger partial charge in [-0.25, -0.2) is 0 Å². The Morgan fingerprint density at radius 1 is 1.30 bits per heavy atom. The Hall–Kier alpha value is -1.89. The van der Waals surface area contributed by atoms with Crippen molar-refractivity contribution < 1.29 is 20.1 Å². The molecule has 0 amide bonds. The van der Waals surface area contributed by atoms with E-state index in [-0.39, 0.29) is 11.3 Å². The highest BCUT2D eigenvalue weighted by Gasteiger charge is 2.17. The van der Waals surface area contributed by atoms with E-state index in [1.165, 1.54) is 0 Å². The van der Waals surface area contributed by atoms with Crippen LogP contribution in [0.5, 0.6) is 5.75 Å². The largest absolute Gasteiger partial charge is 0.507 e. The minimum Gasteiger partial charge on any atom is -0.507 e. The van der Waals surface area contributed by atoms with Crippen LogP contribution in [0.1, 0.15) is 5.56 Å². The highest BCUT2D eigenvalue weighted by molar-refractivity contribution is 5.86. The second-order valence-corrected chi connectivity index (χ2v) is 6.10. The van der Waals surface area contributed by atoms with E-state index < -0.39 is 0 Å². The smallest absolute Gasteiger partial charge is 0.263 e. The number of nitrogens with zero attached hydrogens (tertiary/aromatic N) is 1. The monoisotopic (exact) mass is 319 g/mol. The molecule has 2 aromatic rings. The third-order valence-corrected chi connectivity index (χ3v) is 4.62. The third-order valence-electron chi connectivity index (χ3n) is 4.62. The van der Waals surface area contributed by atoms with Gasteiger partial charge in [0.15, 0.2) is 0 Å². The molecule has 124 valence electrons. The van der Waals surface area contributed by atoms with Gasteiger partial charge in [-0.05, 0) is 12.1 Å². The molecule has 0 bridgehead atoms. The lowest BCUT2D eigenvalue weighted by molar-refractivity contribution is -0.920. The summed E-state index contributed by atoms with van der Waals surface area (Å²) in [5.41, 5.74) is 1.14. The fraction of sp³-hybridized carbons (Fsp3) is 0.471. The van der Waals surface area contributed by atoms with Crippen molar-refractivity contribution in [1.29, 1.82) is 0 Å². The number of morpholine rings is 1. The van der Waals surface area contributed by atoms with Gasteiger partial charge in [-0.2, -0.15) is 0 Å². The summed E-state index contributed by atoms with van der Waals surface area (Å²) >= 11 is 0. The number of nitrogens with two attached hydrogens (primary N) is 1. The van der Waals surface area contributed by atoms with Gasteiger partial charge in [0.05, 0.1) is 18.7 Å². The van der Waals surface area contributed by atoms with Gasteiger partial charge in [0.2, 0.25) is 0 Å². The number of hydrogen-bond donors (Lipinski definition) is 3. The summed E-state index contributed by atoms with van der Waals surface area (Å²) in [5.74, 6) is 0.124. The van der Waals surface area contributed by atoms with Crippen molar-refractivity contribution in [2.75, 3.05) is 39.4 Å². The number of fused-ring (bicyclic) bond motifs is 1. The van der Waals surface area contributed by atoms with Crippen LogP contribution < -0.4 is 15.8 Å². The van der Waals surface area contributed by atoms with Gasteiger partial charge in [-0.3, -0.25) is 4.79 Å². The summed E-state index contributed by atoms with van der Waals surface area (Å²) in [6, 6.07) is 7.46. The van der Waals surface area contributed by atoms with E-state index >= 15 is 0 Å². The molecule has 0 spiro atoms. The Morgan fingerprint density at radius 3 is 2.83 bits per heavy atom. The number of nitrogens with one attached hydrogen (secondary N) is 1. The van der Waals surface area contributed by atoms with Crippen molar-refractivity contribution in [1.82, 2.24) is 4.57 Å². The van der Waals surface area contributed by atoms with Crippen molar-refractivity contribution in [2.45, 2.75) is 6.54 Å². The molecule has 1 aromatic carbocycles. The molecular weight excluding hydrogens is 294 g/mol. The Bertz CT molecular complexity index is 736. The molecule has 23 heavy (non-hydrogen) atoms. The zero-order valence-corrected chi connectivity index (χ0v) is 13.5. The number of aromatic nitrogens is 1. The van der Waals surface area contributed by atoms with Gasteiger partial charge in [0, 0.05) is 12.4 Å². The molecule has 3 rings (SSSR count). The van der Waals surface area contributed by atoms with Crippen LogP contribution in [0.2, 0.25) is 0 Å². The van der Waals surface area contributed by atoms with E-state index in [2.05, 4.69) is 5.32 Å². The van der Waals surface area contributed by atoms with Crippen molar-refractivity contribution >= 4 is 10.9 Å². The maximum absolute atomic E-state index is 12.5. The molecule has 0 unspecified atom stereocenters. The second kappa shape index (κ2) is 7.12. The summed E-state index contributed by atoms with van der Waals surface area (Å²) in [6.07, 6.45) is 0. The van der Waals surface area contributed by atoms with E-state index in [1.54, 1.807) is 16.5 Å². The third kappa shape index (κ3) is 3.39. The van der Waals surface area contributed by atoms with Crippen LogP contribution in [-0.2, 0) is 18.3 Å². The zero-order chi connectivity index (χ0) is 16.2. The van der Waals surface area contributed by atoms with E-state index in [1.807, 2.05) is 24.3 Å². The molecule has 1 aromatic heterocycles. The van der Waals surface area contributed by atoms with E-state index in [0.717, 1.165) is 50.3 Å². The first-order valence-electron chi connectivity index (χ1n) is 8.21. The van der Waals surface area contributed by atoms with Crippen molar-refractivity contribution in [3.8, 4) is 5.75 Å². The summed E-state index contributed by atoms with van der Waals surface area (Å²) < 4.78 is 6.97. The number of para-hydroxylation sites is 1. The average Bonchev–Trinajstić information content (AvgIpc) is 2.60. The number of ether oxygens (including phenoxy) is 1. The summed E-state index contributed by atoms with van der Waals surface area (Å²) in [4.78, 5) is 14.0. The van der Waals surface area contributed by atoms with Crippen molar-refractivity contribution in [3.05, 3.63) is 40.2 Å². The quantitative estimate of drug-likeness (QED) is 0.571. The molecule has 1 aliphatic heterocycles. The number of benzene rings is 1. The number of hydrogen-bond acceptors (Lipinski definition) is 3. The SMILES string of the molecule is Cn1c(=O)c(C[NH2+]CC[NH+]2CCOCC2)c(O)c2ccccc21. The molecule has 2 heterocycles. The van der Waals surface area contributed by atoms with Crippen LogP contribution in [0, 0.1) is 0 Å². The summed E-state index contributed by atoms with van der Waals surface area (Å²) in [6.45, 7) is 6.27. The summed E-state index contributed by atoms with van der Waals surface area (Å²) in [7, 11) is 1.76. The van der Waals surface area contributed by atoms with Crippen LogP contribution in [0.3, 0.4) is 0 Å².